The number of aryl methyl sites for hydroxylation is 1. The highest BCUT2D eigenvalue weighted by Gasteiger charge is 2.27. The molecule has 0 amide bonds. The minimum atomic E-state index is 0.134. The Morgan fingerprint density at radius 1 is 1.30 bits per heavy atom. The van der Waals surface area contributed by atoms with Crippen LogP contribution in [0.2, 0.25) is 0 Å². The maximum atomic E-state index is 6.12. The molecule has 27 heavy (non-hydrogen) atoms. The summed E-state index contributed by atoms with van der Waals surface area (Å²) >= 11 is 0. The van der Waals surface area contributed by atoms with Crippen LogP contribution in [0, 0.1) is 12.8 Å². The van der Waals surface area contributed by atoms with Gasteiger partial charge in [-0.25, -0.2) is 0 Å². The third kappa shape index (κ3) is 5.82. The van der Waals surface area contributed by atoms with Gasteiger partial charge in [0.25, 0.3) is 0 Å². The molecule has 146 valence electrons. The fourth-order valence-corrected chi connectivity index (χ4v) is 3.43. The highest BCUT2D eigenvalue weighted by atomic mass is 16.5. The lowest BCUT2D eigenvalue weighted by atomic mass is 9.89. The maximum absolute atomic E-state index is 6.12. The topological polar surface area (TPSA) is 63.5 Å². The minimum absolute atomic E-state index is 0.134. The summed E-state index contributed by atoms with van der Waals surface area (Å²) in [6.45, 7) is 8.24. The largest absolute Gasteiger partial charge is 0.373 e. The number of hydrogen-bond acceptors (Lipinski definition) is 3. The van der Waals surface area contributed by atoms with Crippen molar-refractivity contribution >= 4 is 5.96 Å². The van der Waals surface area contributed by atoms with Gasteiger partial charge in [-0.2, -0.15) is 5.10 Å². The first-order valence-electron chi connectivity index (χ1n) is 9.94. The molecule has 2 aromatic rings. The first kappa shape index (κ1) is 19.4. The molecule has 0 saturated carbocycles. The Bertz CT molecular complexity index is 696. The van der Waals surface area contributed by atoms with Gasteiger partial charge >= 0.3 is 0 Å². The smallest absolute Gasteiger partial charge is 0.191 e. The van der Waals surface area contributed by atoms with Gasteiger partial charge in [0.1, 0.15) is 0 Å². The second-order valence-electron chi connectivity index (χ2n) is 7.02. The van der Waals surface area contributed by atoms with Crippen LogP contribution in [-0.4, -0.2) is 42.0 Å². The molecule has 1 aliphatic rings. The Kier molecular flexibility index (Phi) is 7.27. The number of ether oxygens (including phenoxy) is 1. The van der Waals surface area contributed by atoms with Gasteiger partial charge in [0, 0.05) is 44.6 Å². The van der Waals surface area contributed by atoms with Crippen molar-refractivity contribution < 1.29 is 4.74 Å². The Labute approximate surface area is 162 Å². The van der Waals surface area contributed by atoms with E-state index in [4.69, 9.17) is 9.73 Å². The van der Waals surface area contributed by atoms with Crippen LogP contribution in [-0.2, 0) is 11.3 Å². The molecule has 2 unspecified atom stereocenters. The molecule has 6 heteroatoms. The van der Waals surface area contributed by atoms with E-state index in [0.29, 0.717) is 5.92 Å². The zero-order valence-electron chi connectivity index (χ0n) is 16.4. The summed E-state index contributed by atoms with van der Waals surface area (Å²) < 4.78 is 8.03. The van der Waals surface area contributed by atoms with E-state index in [2.05, 4.69) is 53.8 Å². The molecule has 1 saturated heterocycles. The van der Waals surface area contributed by atoms with Gasteiger partial charge in [-0.1, -0.05) is 29.8 Å². The van der Waals surface area contributed by atoms with Crippen molar-refractivity contribution in [2.75, 3.05) is 26.2 Å². The lowest BCUT2D eigenvalue weighted by Crippen LogP contribution is -2.39. The van der Waals surface area contributed by atoms with E-state index in [1.807, 2.05) is 16.9 Å². The van der Waals surface area contributed by atoms with Gasteiger partial charge in [0.05, 0.1) is 12.6 Å². The summed E-state index contributed by atoms with van der Waals surface area (Å²) in [5.41, 5.74) is 2.54. The fourth-order valence-electron chi connectivity index (χ4n) is 3.43. The molecule has 0 spiro atoms. The van der Waals surface area contributed by atoms with E-state index in [-0.39, 0.29) is 6.10 Å². The zero-order chi connectivity index (χ0) is 18.9. The highest BCUT2D eigenvalue weighted by Crippen LogP contribution is 2.33. The quantitative estimate of drug-likeness (QED) is 0.582. The minimum Gasteiger partial charge on any atom is -0.373 e. The molecule has 1 aromatic carbocycles. The van der Waals surface area contributed by atoms with Gasteiger partial charge in [0.2, 0.25) is 0 Å². The summed E-state index contributed by atoms with van der Waals surface area (Å²) in [6.07, 6.45) is 6.15. The van der Waals surface area contributed by atoms with E-state index < -0.39 is 0 Å². The lowest BCUT2D eigenvalue weighted by Gasteiger charge is -2.31. The number of aromatic nitrogens is 2. The molecule has 6 nitrogen and oxygen atoms in total. The molecule has 1 aliphatic heterocycles. The van der Waals surface area contributed by atoms with Crippen LogP contribution in [0.25, 0.3) is 0 Å². The van der Waals surface area contributed by atoms with Crippen LogP contribution in [0.1, 0.15) is 37.0 Å². The Balaban J connectivity index is 1.59. The Hall–Kier alpha value is -2.34. The van der Waals surface area contributed by atoms with Crippen molar-refractivity contribution in [1.82, 2.24) is 20.4 Å². The molecular weight excluding hydrogens is 338 g/mol. The maximum Gasteiger partial charge on any atom is 0.191 e. The number of rotatable bonds is 7. The van der Waals surface area contributed by atoms with Gasteiger partial charge in [-0.3, -0.25) is 9.67 Å². The number of nitrogens with zero attached hydrogens (tertiary/aromatic N) is 3. The monoisotopic (exact) mass is 369 g/mol. The lowest BCUT2D eigenvalue weighted by molar-refractivity contribution is -0.0250. The van der Waals surface area contributed by atoms with Crippen LogP contribution in [0.3, 0.4) is 0 Å². The Morgan fingerprint density at radius 3 is 2.89 bits per heavy atom. The highest BCUT2D eigenvalue weighted by molar-refractivity contribution is 5.79. The average molecular weight is 370 g/mol. The molecule has 0 aliphatic carbocycles. The Morgan fingerprint density at radius 2 is 2.15 bits per heavy atom. The van der Waals surface area contributed by atoms with Crippen molar-refractivity contribution in [2.24, 2.45) is 10.9 Å². The van der Waals surface area contributed by atoms with E-state index in [1.165, 1.54) is 11.1 Å². The van der Waals surface area contributed by atoms with Crippen LogP contribution >= 0.6 is 0 Å². The normalized spacial score (nSPS) is 20.4. The van der Waals surface area contributed by atoms with Gasteiger partial charge in [-0.15, -0.1) is 0 Å². The van der Waals surface area contributed by atoms with Crippen LogP contribution < -0.4 is 10.6 Å². The van der Waals surface area contributed by atoms with E-state index >= 15 is 0 Å². The van der Waals surface area contributed by atoms with Crippen molar-refractivity contribution in [3.63, 3.8) is 0 Å². The van der Waals surface area contributed by atoms with E-state index in [0.717, 1.165) is 51.6 Å². The summed E-state index contributed by atoms with van der Waals surface area (Å²) in [4.78, 5) is 4.83. The number of benzene rings is 1. The van der Waals surface area contributed by atoms with Gasteiger partial charge in [0.15, 0.2) is 5.96 Å². The van der Waals surface area contributed by atoms with E-state index in [1.54, 1.807) is 6.20 Å². The number of aliphatic imine (C=N–C) groups is 1. The average Bonchev–Trinajstić information content (AvgIpc) is 3.20. The molecule has 0 bridgehead atoms. The van der Waals surface area contributed by atoms with Crippen LogP contribution in [0.5, 0.6) is 0 Å². The summed E-state index contributed by atoms with van der Waals surface area (Å²) in [5, 5.41) is 11.0. The van der Waals surface area contributed by atoms with Gasteiger partial charge in [-0.05, 0) is 38.3 Å². The summed E-state index contributed by atoms with van der Waals surface area (Å²) in [5.74, 6) is 1.26. The third-order valence-electron chi connectivity index (χ3n) is 4.87. The molecule has 2 heterocycles. The molecule has 1 aromatic heterocycles. The summed E-state index contributed by atoms with van der Waals surface area (Å²) in [7, 11) is 0. The van der Waals surface area contributed by atoms with Crippen LogP contribution in [0.15, 0.2) is 47.7 Å². The van der Waals surface area contributed by atoms with Crippen LogP contribution in [0.4, 0.5) is 0 Å². The van der Waals surface area contributed by atoms with Crippen molar-refractivity contribution in [3.05, 3.63) is 53.9 Å². The van der Waals surface area contributed by atoms with E-state index in [9.17, 15) is 0 Å². The molecule has 1 fully saturated rings. The van der Waals surface area contributed by atoms with Crippen molar-refractivity contribution in [1.29, 1.82) is 0 Å². The predicted octanol–water partition coefficient (Wildman–Crippen LogP) is 2.91. The second kappa shape index (κ2) is 10.1. The zero-order valence-corrected chi connectivity index (χ0v) is 16.4. The molecule has 3 rings (SSSR count). The number of hydrogen-bond donors (Lipinski definition) is 2. The molecular formula is C21H31N5O. The SMILES string of the molecule is CCNC(=NCC1CCCOC1c1ccc(C)cc1)NCCn1cccn1. The first-order valence-corrected chi connectivity index (χ1v) is 9.94. The van der Waals surface area contributed by atoms with Gasteiger partial charge < -0.3 is 15.4 Å². The molecule has 2 N–H and O–H groups in total. The number of guanidine groups is 1. The predicted molar refractivity (Wildman–Crippen MR) is 109 cm³/mol. The standard InChI is InChI=1S/C21H31N5O/c1-3-22-21(23-12-14-26-13-5-11-25-26)24-16-19-6-4-15-27-20(19)18-9-7-17(2)8-10-18/h5,7-11,13,19-20H,3-4,6,12,14-16H2,1-2H3,(H2,22,23,24). The molecule has 0 radical (unpaired) electrons. The first-order chi connectivity index (χ1) is 13.3. The summed E-state index contributed by atoms with van der Waals surface area (Å²) in [6, 6.07) is 10.6. The van der Waals surface area contributed by atoms with Crippen molar-refractivity contribution in [2.45, 2.75) is 39.3 Å². The third-order valence-corrected chi connectivity index (χ3v) is 4.87. The fraction of sp³-hybridized carbons (Fsp3) is 0.524. The number of nitrogens with one attached hydrogen (secondary N) is 2. The second-order valence-corrected chi connectivity index (χ2v) is 7.02. The van der Waals surface area contributed by atoms with Crippen molar-refractivity contribution in [3.8, 4) is 0 Å². The molecule has 2 atom stereocenters.